The van der Waals surface area contributed by atoms with Gasteiger partial charge in [-0.2, -0.15) is 10.2 Å². The van der Waals surface area contributed by atoms with Crippen LogP contribution in [0.2, 0.25) is 0 Å². The highest BCUT2D eigenvalue weighted by Crippen LogP contribution is 2.23. The Balaban J connectivity index is 1.78. The van der Waals surface area contributed by atoms with Crippen molar-refractivity contribution in [2.75, 3.05) is 25.1 Å². The maximum Gasteiger partial charge on any atom is 0.307 e. The summed E-state index contributed by atoms with van der Waals surface area (Å²) in [5.41, 5.74) is 2.17. The van der Waals surface area contributed by atoms with Crippen LogP contribution >= 0.6 is 0 Å². The van der Waals surface area contributed by atoms with Crippen molar-refractivity contribution in [3.63, 3.8) is 0 Å². The first-order valence-corrected chi connectivity index (χ1v) is 10.1. The highest BCUT2D eigenvalue weighted by molar-refractivity contribution is 5.70. The Hall–Kier alpha value is -3.29. The largest absolute Gasteiger partial charge is 0.466 e. The molecule has 2 aromatic carbocycles. The van der Waals surface area contributed by atoms with E-state index < -0.39 is 4.92 Å². The van der Waals surface area contributed by atoms with E-state index >= 15 is 0 Å². The van der Waals surface area contributed by atoms with E-state index in [0.717, 1.165) is 24.9 Å². The molecule has 0 aliphatic rings. The molecule has 0 aromatic heterocycles. The van der Waals surface area contributed by atoms with Crippen molar-refractivity contribution in [3.8, 4) is 0 Å². The predicted octanol–water partition coefficient (Wildman–Crippen LogP) is 5.96. The third kappa shape index (κ3) is 7.98. The van der Waals surface area contributed by atoms with Crippen molar-refractivity contribution >= 4 is 28.7 Å². The molecule has 2 aromatic rings. The minimum atomic E-state index is -0.455. The summed E-state index contributed by atoms with van der Waals surface area (Å²) in [7, 11) is 1.92. The van der Waals surface area contributed by atoms with Gasteiger partial charge in [0.15, 0.2) is 0 Å². The zero-order valence-electron chi connectivity index (χ0n) is 17.5. The van der Waals surface area contributed by atoms with E-state index in [1.807, 2.05) is 36.2 Å². The molecule has 30 heavy (non-hydrogen) atoms. The van der Waals surface area contributed by atoms with Gasteiger partial charge in [0.05, 0.1) is 29.3 Å². The normalized spacial score (nSPS) is 10.9. The summed E-state index contributed by atoms with van der Waals surface area (Å²) in [6, 6.07) is 13.3. The first-order chi connectivity index (χ1) is 14.5. The Morgan fingerprint density at radius 2 is 1.60 bits per heavy atom. The number of nitro benzene ring substituents is 1. The van der Waals surface area contributed by atoms with E-state index in [4.69, 9.17) is 4.74 Å². The van der Waals surface area contributed by atoms with Gasteiger partial charge in [-0.1, -0.05) is 26.2 Å². The summed E-state index contributed by atoms with van der Waals surface area (Å²) in [6.45, 7) is 3.21. The van der Waals surface area contributed by atoms with Crippen LogP contribution in [0, 0.1) is 10.1 Å². The zero-order chi connectivity index (χ0) is 21.8. The molecule has 0 atom stereocenters. The van der Waals surface area contributed by atoms with Gasteiger partial charge < -0.3 is 9.64 Å². The number of carbonyl (C=O) groups is 1. The summed E-state index contributed by atoms with van der Waals surface area (Å²) in [5.74, 6) is -0.174. The fourth-order valence-electron chi connectivity index (χ4n) is 2.71. The fraction of sp³-hybridized carbons (Fsp3) is 0.409. The first-order valence-electron chi connectivity index (χ1n) is 10.1. The molecule has 0 heterocycles. The number of hydrogen-bond donors (Lipinski definition) is 0. The van der Waals surface area contributed by atoms with Crippen molar-refractivity contribution in [1.82, 2.24) is 0 Å². The first kappa shape index (κ1) is 23.0. The van der Waals surface area contributed by atoms with Gasteiger partial charge in [0.1, 0.15) is 0 Å². The van der Waals surface area contributed by atoms with Gasteiger partial charge in [-0.25, -0.2) is 0 Å². The number of anilines is 1. The molecule has 8 heteroatoms. The van der Waals surface area contributed by atoms with E-state index in [1.54, 1.807) is 12.1 Å². The van der Waals surface area contributed by atoms with Crippen LogP contribution in [0.25, 0.3) is 0 Å². The van der Waals surface area contributed by atoms with Gasteiger partial charge in [0.25, 0.3) is 5.69 Å². The van der Waals surface area contributed by atoms with E-state index in [-0.39, 0.29) is 11.7 Å². The molecule has 0 saturated carbocycles. The van der Waals surface area contributed by atoms with Crippen LogP contribution in [-0.4, -0.2) is 31.1 Å². The lowest BCUT2D eigenvalue weighted by Crippen LogP contribution is -2.22. The lowest BCUT2D eigenvalue weighted by Gasteiger charge is -2.18. The fourth-order valence-corrected chi connectivity index (χ4v) is 2.71. The van der Waals surface area contributed by atoms with Crippen LogP contribution in [0.15, 0.2) is 58.8 Å². The molecular formula is C22H28N4O4. The molecular weight excluding hydrogens is 384 g/mol. The zero-order valence-corrected chi connectivity index (χ0v) is 17.5. The smallest absolute Gasteiger partial charge is 0.307 e. The Kier molecular flexibility index (Phi) is 9.44. The predicted molar refractivity (Wildman–Crippen MR) is 117 cm³/mol. The van der Waals surface area contributed by atoms with Gasteiger partial charge in [-0.05, 0) is 42.8 Å². The molecule has 0 unspecified atom stereocenters. The van der Waals surface area contributed by atoms with Crippen LogP contribution in [0.5, 0.6) is 0 Å². The lowest BCUT2D eigenvalue weighted by molar-refractivity contribution is -0.384. The Morgan fingerprint density at radius 3 is 2.17 bits per heavy atom. The van der Waals surface area contributed by atoms with Gasteiger partial charge >= 0.3 is 5.97 Å². The quantitative estimate of drug-likeness (QED) is 0.141. The van der Waals surface area contributed by atoms with Crippen LogP contribution in [0.1, 0.15) is 39.0 Å². The average molecular weight is 412 g/mol. The van der Waals surface area contributed by atoms with Gasteiger partial charge in [-0.3, -0.25) is 14.9 Å². The van der Waals surface area contributed by atoms with Crippen LogP contribution in [0.3, 0.4) is 0 Å². The number of nitrogens with zero attached hydrogens (tertiary/aromatic N) is 4. The number of azo groups is 1. The number of hydrogen-bond acceptors (Lipinski definition) is 7. The third-order valence-corrected chi connectivity index (χ3v) is 4.54. The summed E-state index contributed by atoms with van der Waals surface area (Å²) in [4.78, 5) is 24.0. The molecule has 0 saturated heterocycles. The number of rotatable bonds is 12. The van der Waals surface area contributed by atoms with Crippen molar-refractivity contribution in [1.29, 1.82) is 0 Å². The molecule has 0 aliphatic heterocycles. The second-order valence-electron chi connectivity index (χ2n) is 6.94. The van der Waals surface area contributed by atoms with Crippen molar-refractivity contribution in [2.24, 2.45) is 10.2 Å². The Bertz CT molecular complexity index is 835. The molecule has 0 aliphatic carbocycles. The highest BCUT2D eigenvalue weighted by atomic mass is 16.6. The van der Waals surface area contributed by atoms with Crippen LogP contribution in [-0.2, 0) is 9.53 Å². The Labute approximate surface area is 176 Å². The number of non-ortho nitro benzene ring substituents is 1. The Morgan fingerprint density at radius 1 is 1.00 bits per heavy atom. The van der Waals surface area contributed by atoms with E-state index in [1.165, 1.54) is 18.6 Å². The number of benzene rings is 2. The maximum absolute atomic E-state index is 11.8. The third-order valence-electron chi connectivity index (χ3n) is 4.54. The van der Waals surface area contributed by atoms with Crippen molar-refractivity contribution in [2.45, 2.75) is 39.0 Å². The van der Waals surface area contributed by atoms with Gasteiger partial charge in [0.2, 0.25) is 0 Å². The number of ether oxygens (including phenoxy) is 1. The maximum atomic E-state index is 11.8. The molecule has 0 amide bonds. The average Bonchev–Trinajstić information content (AvgIpc) is 2.76. The molecule has 2 rings (SSSR count). The molecule has 0 bridgehead atoms. The number of carbonyl (C=O) groups excluding carboxylic acids is 1. The summed E-state index contributed by atoms with van der Waals surface area (Å²) >= 11 is 0. The SMILES string of the molecule is CCCCCCOC(=O)CCN(C)c1ccc(N=Nc2ccc([N+](=O)[O-])cc2)cc1. The summed E-state index contributed by atoms with van der Waals surface area (Å²) in [5, 5.41) is 18.9. The lowest BCUT2D eigenvalue weighted by atomic mass is 10.2. The van der Waals surface area contributed by atoms with Crippen molar-refractivity contribution in [3.05, 3.63) is 58.6 Å². The van der Waals surface area contributed by atoms with E-state index in [2.05, 4.69) is 17.2 Å². The molecule has 0 radical (unpaired) electrons. The standard InChI is InChI=1S/C22H28N4O4/c1-3-4-5-6-17-30-22(27)15-16-25(2)20-11-7-18(8-12-20)23-24-19-9-13-21(14-10-19)26(28)29/h7-14H,3-6,15-17H2,1-2H3. The number of unbranched alkanes of at least 4 members (excludes halogenated alkanes) is 3. The van der Waals surface area contributed by atoms with Crippen molar-refractivity contribution < 1.29 is 14.5 Å². The molecule has 0 fully saturated rings. The minimum absolute atomic E-state index is 0.0155. The second kappa shape index (κ2) is 12.3. The van der Waals surface area contributed by atoms with E-state index in [9.17, 15) is 14.9 Å². The summed E-state index contributed by atoms with van der Waals surface area (Å²) in [6.07, 6.45) is 4.69. The van der Waals surface area contributed by atoms with Crippen LogP contribution in [0.4, 0.5) is 22.7 Å². The monoisotopic (exact) mass is 412 g/mol. The molecule has 8 nitrogen and oxygen atoms in total. The number of nitro groups is 1. The second-order valence-corrected chi connectivity index (χ2v) is 6.94. The molecule has 0 N–H and O–H groups in total. The number of esters is 1. The highest BCUT2D eigenvalue weighted by Gasteiger charge is 2.07. The molecule has 160 valence electrons. The molecule has 0 spiro atoms. The van der Waals surface area contributed by atoms with Gasteiger partial charge in [0, 0.05) is 31.4 Å². The van der Waals surface area contributed by atoms with Crippen LogP contribution < -0.4 is 4.90 Å². The minimum Gasteiger partial charge on any atom is -0.466 e. The topological polar surface area (TPSA) is 97.4 Å². The van der Waals surface area contributed by atoms with E-state index in [0.29, 0.717) is 30.9 Å². The van der Waals surface area contributed by atoms with Gasteiger partial charge in [-0.15, -0.1) is 0 Å². The summed E-state index contributed by atoms with van der Waals surface area (Å²) < 4.78 is 5.26.